The van der Waals surface area contributed by atoms with Crippen molar-refractivity contribution in [2.75, 3.05) is 13.4 Å². The fraction of sp³-hybridized carbons (Fsp3) is 0.286. The molecule has 0 aliphatic rings. The van der Waals surface area contributed by atoms with Gasteiger partial charge in [0.1, 0.15) is 5.75 Å². The molecule has 0 amide bonds. The van der Waals surface area contributed by atoms with E-state index in [1.54, 1.807) is 14.0 Å². The van der Waals surface area contributed by atoms with Crippen LogP contribution in [0.1, 0.15) is 18.6 Å². The number of methoxy groups -OCH3 is 1. The number of hydrogen-bond acceptors (Lipinski definition) is 4. The van der Waals surface area contributed by atoms with Gasteiger partial charge in [-0.05, 0) is 41.5 Å². The molecule has 0 fully saturated rings. The first-order chi connectivity index (χ1) is 8.89. The third kappa shape index (κ3) is 3.45. The molecule has 0 N–H and O–H groups in total. The van der Waals surface area contributed by atoms with Crippen LogP contribution in [0.15, 0.2) is 36.4 Å². The van der Waals surface area contributed by atoms with E-state index in [-0.39, 0.29) is 0 Å². The molecule has 4 nitrogen and oxygen atoms in total. The molecule has 0 aliphatic heterocycles. The van der Waals surface area contributed by atoms with Crippen molar-refractivity contribution in [2.24, 2.45) is 0 Å². The van der Waals surface area contributed by atoms with Gasteiger partial charge in [0.05, 0.1) is 19.5 Å². The van der Waals surface area contributed by atoms with Gasteiger partial charge in [0.15, 0.2) is 0 Å². The van der Waals surface area contributed by atoms with Crippen molar-refractivity contribution < 1.29 is 17.3 Å². The van der Waals surface area contributed by atoms with Gasteiger partial charge in [-0.1, -0.05) is 18.2 Å². The monoisotopic (exact) mass is 280 g/mol. The molecule has 19 heavy (non-hydrogen) atoms. The van der Waals surface area contributed by atoms with E-state index in [9.17, 15) is 8.42 Å². The second kappa shape index (κ2) is 5.19. The van der Waals surface area contributed by atoms with Gasteiger partial charge in [-0.2, -0.15) is 8.42 Å². The van der Waals surface area contributed by atoms with E-state index in [4.69, 9.17) is 8.92 Å². The van der Waals surface area contributed by atoms with Crippen LogP contribution in [-0.4, -0.2) is 21.8 Å². The van der Waals surface area contributed by atoms with E-state index in [2.05, 4.69) is 0 Å². The predicted octanol–water partition coefficient (Wildman–Crippen LogP) is 2.89. The molecule has 2 aromatic carbocycles. The van der Waals surface area contributed by atoms with Gasteiger partial charge in [-0.25, -0.2) is 0 Å². The maximum atomic E-state index is 11.1. The summed E-state index contributed by atoms with van der Waals surface area (Å²) < 4.78 is 32.4. The average molecular weight is 280 g/mol. The lowest BCUT2D eigenvalue weighted by Gasteiger charge is -2.12. The number of fused-ring (bicyclic) bond motifs is 1. The fourth-order valence-corrected chi connectivity index (χ4v) is 2.58. The van der Waals surface area contributed by atoms with E-state index < -0.39 is 16.2 Å². The van der Waals surface area contributed by atoms with Gasteiger partial charge in [0.25, 0.3) is 10.1 Å². The third-order valence-corrected chi connectivity index (χ3v) is 3.50. The largest absolute Gasteiger partial charge is 0.497 e. The summed E-state index contributed by atoms with van der Waals surface area (Å²) in [6.45, 7) is 1.71. The zero-order chi connectivity index (χ0) is 14.0. The summed E-state index contributed by atoms with van der Waals surface area (Å²) >= 11 is 0. The molecule has 5 heteroatoms. The van der Waals surface area contributed by atoms with E-state index in [1.165, 1.54) is 0 Å². The topological polar surface area (TPSA) is 52.6 Å². The molecule has 0 bridgehead atoms. The first-order valence-electron chi connectivity index (χ1n) is 5.85. The van der Waals surface area contributed by atoms with Gasteiger partial charge in [0, 0.05) is 0 Å². The van der Waals surface area contributed by atoms with Crippen molar-refractivity contribution in [2.45, 2.75) is 13.0 Å². The molecule has 2 aromatic rings. The molecule has 102 valence electrons. The Balaban J connectivity index is 2.36. The minimum Gasteiger partial charge on any atom is -0.497 e. The van der Waals surface area contributed by atoms with Crippen molar-refractivity contribution in [1.29, 1.82) is 0 Å². The highest BCUT2D eigenvalue weighted by atomic mass is 32.2. The van der Waals surface area contributed by atoms with Crippen LogP contribution < -0.4 is 4.74 Å². The minimum atomic E-state index is -3.46. The van der Waals surface area contributed by atoms with Crippen LogP contribution >= 0.6 is 0 Å². The highest BCUT2D eigenvalue weighted by molar-refractivity contribution is 7.86. The maximum Gasteiger partial charge on any atom is 0.264 e. The second-order valence-electron chi connectivity index (χ2n) is 4.42. The maximum absolute atomic E-state index is 11.1. The van der Waals surface area contributed by atoms with Crippen molar-refractivity contribution in [3.63, 3.8) is 0 Å². The number of hydrogen-bond donors (Lipinski definition) is 0. The minimum absolute atomic E-state index is 0.499. The van der Waals surface area contributed by atoms with Crippen LogP contribution in [0.5, 0.6) is 5.75 Å². The molecular formula is C14H16O4S. The van der Waals surface area contributed by atoms with Gasteiger partial charge >= 0.3 is 0 Å². The Morgan fingerprint density at radius 3 is 2.32 bits per heavy atom. The van der Waals surface area contributed by atoms with E-state index in [1.807, 2.05) is 36.4 Å². The summed E-state index contributed by atoms with van der Waals surface area (Å²) in [6, 6.07) is 11.4. The lowest BCUT2D eigenvalue weighted by Crippen LogP contribution is -2.07. The van der Waals surface area contributed by atoms with Gasteiger partial charge < -0.3 is 4.74 Å². The smallest absolute Gasteiger partial charge is 0.264 e. The van der Waals surface area contributed by atoms with Crippen LogP contribution in [0.2, 0.25) is 0 Å². The van der Waals surface area contributed by atoms with Crippen molar-refractivity contribution >= 4 is 20.9 Å². The fourth-order valence-electron chi connectivity index (χ4n) is 1.94. The number of rotatable bonds is 4. The summed E-state index contributed by atoms with van der Waals surface area (Å²) in [6.07, 6.45) is 0.552. The quantitative estimate of drug-likeness (QED) is 0.808. The Morgan fingerprint density at radius 2 is 1.68 bits per heavy atom. The Morgan fingerprint density at radius 1 is 1.05 bits per heavy atom. The Labute approximate surface area is 113 Å². The zero-order valence-corrected chi connectivity index (χ0v) is 11.9. The number of benzene rings is 2. The molecular weight excluding hydrogens is 264 g/mol. The van der Waals surface area contributed by atoms with Crippen LogP contribution in [-0.2, 0) is 14.3 Å². The van der Waals surface area contributed by atoms with E-state index in [0.717, 1.165) is 28.3 Å². The predicted molar refractivity (Wildman–Crippen MR) is 74.8 cm³/mol. The first-order valence-corrected chi connectivity index (χ1v) is 7.66. The van der Waals surface area contributed by atoms with E-state index >= 15 is 0 Å². The molecule has 0 aliphatic carbocycles. The lowest BCUT2D eigenvalue weighted by molar-refractivity contribution is 0.237. The first kappa shape index (κ1) is 13.8. The third-order valence-electron chi connectivity index (χ3n) is 2.86. The normalized spacial score (nSPS) is 13.4. The van der Waals surface area contributed by atoms with Gasteiger partial charge in [-0.3, -0.25) is 4.18 Å². The highest BCUT2D eigenvalue weighted by Crippen LogP contribution is 2.26. The van der Waals surface area contributed by atoms with Crippen molar-refractivity contribution in [1.82, 2.24) is 0 Å². The van der Waals surface area contributed by atoms with Crippen LogP contribution in [0.4, 0.5) is 0 Å². The average Bonchev–Trinajstić information content (AvgIpc) is 2.35. The molecule has 0 spiro atoms. The van der Waals surface area contributed by atoms with Crippen molar-refractivity contribution in [3.05, 3.63) is 42.0 Å². The summed E-state index contributed by atoms with van der Waals surface area (Å²) in [4.78, 5) is 0. The van der Waals surface area contributed by atoms with Crippen LogP contribution in [0.25, 0.3) is 10.8 Å². The molecule has 0 unspecified atom stereocenters. The van der Waals surface area contributed by atoms with Gasteiger partial charge in [0.2, 0.25) is 0 Å². The molecule has 0 saturated heterocycles. The van der Waals surface area contributed by atoms with Crippen molar-refractivity contribution in [3.8, 4) is 5.75 Å². The summed E-state index contributed by atoms with van der Waals surface area (Å²) in [7, 11) is -1.83. The summed E-state index contributed by atoms with van der Waals surface area (Å²) in [5, 5.41) is 2.05. The molecule has 0 heterocycles. The lowest BCUT2D eigenvalue weighted by atomic mass is 10.0. The summed E-state index contributed by atoms with van der Waals surface area (Å²) in [5.41, 5.74) is 0.822. The standard InChI is InChI=1S/C14H16O4S/c1-10(18-19(3,15)16)11-4-5-13-9-14(17-2)7-6-12(13)8-11/h4-10H,1-3H3/t10-/m1/s1. The molecule has 0 aromatic heterocycles. The highest BCUT2D eigenvalue weighted by Gasteiger charge is 2.12. The molecule has 1 atom stereocenters. The molecule has 2 rings (SSSR count). The zero-order valence-electron chi connectivity index (χ0n) is 11.1. The Bertz CT molecular complexity index is 692. The number of ether oxygens (including phenoxy) is 1. The van der Waals surface area contributed by atoms with E-state index in [0.29, 0.717) is 0 Å². The summed E-state index contributed by atoms with van der Waals surface area (Å²) in [5.74, 6) is 0.792. The Hall–Kier alpha value is -1.59. The van der Waals surface area contributed by atoms with Crippen LogP contribution in [0, 0.1) is 0 Å². The molecule has 0 radical (unpaired) electrons. The second-order valence-corrected chi connectivity index (χ2v) is 6.02. The molecule has 0 saturated carbocycles. The van der Waals surface area contributed by atoms with Gasteiger partial charge in [-0.15, -0.1) is 0 Å². The SMILES string of the molecule is COc1ccc2cc([C@@H](C)OS(C)(=O)=O)ccc2c1. The Kier molecular flexibility index (Phi) is 3.78. The van der Waals surface area contributed by atoms with Crippen LogP contribution in [0.3, 0.4) is 0 Å².